The number of aliphatic hydroxyl groups excluding tert-OH is 1. The molecule has 2 atom stereocenters. The van der Waals surface area contributed by atoms with Gasteiger partial charge in [-0.1, -0.05) is 35.3 Å². The van der Waals surface area contributed by atoms with Crippen LogP contribution < -0.4 is 15.6 Å². The van der Waals surface area contributed by atoms with Gasteiger partial charge in [-0.2, -0.15) is 0 Å². The van der Waals surface area contributed by atoms with Crippen LogP contribution in [0.15, 0.2) is 60.1 Å². The van der Waals surface area contributed by atoms with Crippen molar-refractivity contribution in [3.8, 4) is 5.75 Å². The van der Waals surface area contributed by atoms with Gasteiger partial charge in [0.1, 0.15) is 11.9 Å². The van der Waals surface area contributed by atoms with Gasteiger partial charge in [0.05, 0.1) is 6.61 Å². The number of nitrogens with zero attached hydrogens (tertiary/aromatic N) is 1. The quantitative estimate of drug-likeness (QED) is 0.229. The van der Waals surface area contributed by atoms with Gasteiger partial charge >= 0.3 is 0 Å². The Balaban J connectivity index is 1.64. The summed E-state index contributed by atoms with van der Waals surface area (Å²) in [5, 5.41) is 10.0. The molecular weight excluding hydrogens is 477 g/mol. The highest BCUT2D eigenvalue weighted by Gasteiger charge is 2.49. The second-order valence-electron chi connectivity index (χ2n) is 7.91. The number of rotatable bonds is 12. The second kappa shape index (κ2) is 12.2. The highest BCUT2D eigenvalue weighted by atomic mass is 35.5. The molecule has 0 radical (unpaired) electrons. The van der Waals surface area contributed by atoms with Crippen molar-refractivity contribution in [3.63, 3.8) is 0 Å². The van der Waals surface area contributed by atoms with Crippen LogP contribution in [-0.2, 0) is 16.0 Å². The third-order valence-corrected chi connectivity index (χ3v) is 6.11. The molecule has 0 aliphatic carbocycles. The Bertz CT molecular complexity index is 1030. The number of halogens is 2. The van der Waals surface area contributed by atoms with Gasteiger partial charge in [0.25, 0.3) is 5.91 Å². The van der Waals surface area contributed by atoms with E-state index in [0.29, 0.717) is 54.1 Å². The van der Waals surface area contributed by atoms with Crippen LogP contribution in [-0.4, -0.2) is 48.3 Å². The third-order valence-electron chi connectivity index (χ3n) is 5.52. The molecule has 1 aliphatic heterocycles. The molecule has 0 unspecified atom stereocenters. The molecule has 9 heteroatoms. The molecule has 0 saturated carbocycles. The second-order valence-corrected chi connectivity index (χ2v) is 8.75. The van der Waals surface area contributed by atoms with Gasteiger partial charge in [-0.15, -0.1) is 6.58 Å². The summed E-state index contributed by atoms with van der Waals surface area (Å²) in [6.45, 7) is 6.61. The van der Waals surface area contributed by atoms with Crippen LogP contribution in [0.5, 0.6) is 5.75 Å². The van der Waals surface area contributed by atoms with Crippen LogP contribution in [0.4, 0.5) is 0 Å². The first-order valence-corrected chi connectivity index (χ1v) is 11.8. The first-order chi connectivity index (χ1) is 16.4. The molecule has 0 aromatic heterocycles. The van der Waals surface area contributed by atoms with Gasteiger partial charge in [0, 0.05) is 41.6 Å². The molecule has 0 bridgehead atoms. The van der Waals surface area contributed by atoms with Crippen molar-refractivity contribution in [3.05, 3.63) is 76.3 Å². The largest absolute Gasteiger partial charge is 0.494 e. The average molecular weight is 506 g/mol. The van der Waals surface area contributed by atoms with E-state index in [2.05, 4.69) is 22.4 Å². The van der Waals surface area contributed by atoms with Gasteiger partial charge in [-0.3, -0.25) is 10.2 Å². The van der Waals surface area contributed by atoms with E-state index in [4.69, 9.17) is 37.8 Å². The number of carbonyl (C=O) groups is 1. The molecule has 0 spiro atoms. The van der Waals surface area contributed by atoms with E-state index in [1.54, 1.807) is 30.3 Å². The number of carbonyl (C=O) groups excluding carboxylic acids is 1. The molecule has 7 nitrogen and oxygen atoms in total. The Morgan fingerprint density at radius 3 is 2.74 bits per heavy atom. The first-order valence-electron chi connectivity index (χ1n) is 11.1. The van der Waals surface area contributed by atoms with Crippen molar-refractivity contribution in [1.29, 1.82) is 0 Å². The summed E-state index contributed by atoms with van der Waals surface area (Å²) in [6, 6.07) is 12.6. The highest BCUT2D eigenvalue weighted by molar-refractivity contribution is 6.35. The number of aliphatic hydroxyl groups is 1. The van der Waals surface area contributed by atoms with Crippen LogP contribution in [0.3, 0.4) is 0 Å². The molecule has 182 valence electrons. The van der Waals surface area contributed by atoms with E-state index in [1.165, 1.54) is 0 Å². The zero-order chi connectivity index (χ0) is 24.6. The minimum absolute atomic E-state index is 0.0811. The zero-order valence-corrected chi connectivity index (χ0v) is 20.5. The fourth-order valence-corrected chi connectivity index (χ4v) is 4.08. The van der Waals surface area contributed by atoms with Crippen LogP contribution in [0.25, 0.3) is 0 Å². The van der Waals surface area contributed by atoms with Gasteiger partial charge in [0.15, 0.2) is 5.54 Å². The first kappa shape index (κ1) is 26.0. The van der Waals surface area contributed by atoms with Crippen molar-refractivity contribution < 1.29 is 19.4 Å². The Labute approximate surface area is 209 Å². The maximum Gasteiger partial charge on any atom is 0.266 e. The summed E-state index contributed by atoms with van der Waals surface area (Å²) >= 11 is 12.1. The lowest BCUT2D eigenvalue weighted by Crippen LogP contribution is -2.54. The van der Waals surface area contributed by atoms with E-state index in [0.717, 1.165) is 11.1 Å². The van der Waals surface area contributed by atoms with Crippen molar-refractivity contribution in [2.24, 2.45) is 4.99 Å². The predicted octanol–water partition coefficient (Wildman–Crippen LogP) is 4.10. The summed E-state index contributed by atoms with van der Waals surface area (Å²) in [7, 11) is 0. The Kier molecular flexibility index (Phi) is 9.36. The van der Waals surface area contributed by atoms with E-state index >= 15 is 0 Å². The topological polar surface area (TPSA) is 92.2 Å². The number of amides is 1. The monoisotopic (exact) mass is 505 g/mol. The molecule has 3 N–H and O–H groups in total. The molecule has 1 heterocycles. The highest BCUT2D eigenvalue weighted by Crippen LogP contribution is 2.32. The van der Waals surface area contributed by atoms with E-state index in [1.807, 2.05) is 25.1 Å². The lowest BCUT2D eigenvalue weighted by molar-refractivity contribution is -0.129. The normalized spacial score (nSPS) is 19.3. The number of aliphatic imine (C=N–C) groups is 1. The smallest absolute Gasteiger partial charge is 0.266 e. The van der Waals surface area contributed by atoms with Crippen molar-refractivity contribution in [1.82, 2.24) is 10.9 Å². The van der Waals surface area contributed by atoms with Crippen LogP contribution in [0, 0.1) is 0 Å². The maximum atomic E-state index is 13.2. The van der Waals surface area contributed by atoms with Crippen molar-refractivity contribution >= 4 is 35.0 Å². The molecule has 34 heavy (non-hydrogen) atoms. The molecular formula is C25H29Cl2N3O4. The van der Waals surface area contributed by atoms with Crippen molar-refractivity contribution in [2.75, 3.05) is 19.8 Å². The van der Waals surface area contributed by atoms with Crippen molar-refractivity contribution in [2.45, 2.75) is 37.8 Å². The predicted molar refractivity (Wildman–Crippen MR) is 135 cm³/mol. The lowest BCUT2D eigenvalue weighted by atomic mass is 9.90. The minimum Gasteiger partial charge on any atom is -0.494 e. The molecule has 2 aromatic rings. The summed E-state index contributed by atoms with van der Waals surface area (Å²) < 4.78 is 11.5. The summed E-state index contributed by atoms with van der Waals surface area (Å²) in [5.74, 6) is 0.768. The van der Waals surface area contributed by atoms with Crippen LogP contribution >= 0.6 is 23.2 Å². The fraction of sp³-hybridized carbons (Fsp3) is 0.360. The minimum atomic E-state index is -1.14. The molecule has 0 saturated heterocycles. The van der Waals surface area contributed by atoms with E-state index < -0.39 is 11.6 Å². The maximum absolute atomic E-state index is 13.2. The average Bonchev–Trinajstić information content (AvgIpc) is 3.15. The number of benzene rings is 2. The van der Waals surface area contributed by atoms with E-state index in [-0.39, 0.29) is 12.5 Å². The van der Waals surface area contributed by atoms with Gasteiger partial charge in [-0.05, 0) is 55.3 Å². The van der Waals surface area contributed by atoms with Crippen LogP contribution in [0.1, 0.15) is 30.9 Å². The number of hydrazine groups is 1. The number of hydrogen-bond acceptors (Lipinski definition) is 6. The standard InChI is InChI=1S/C25H29Cl2N3O4/c1-3-12-25(24(32)30-28-13-11-18-5-8-20(26)16-22(18)27)17(2)34-23(29-25)19-6-9-21(10-7-19)33-15-4-14-31/h3,5-10,16-17,28,31H,1,4,11-15H2,2H3,(H,30,32)/t17-,25-/m0/s1. The summed E-state index contributed by atoms with van der Waals surface area (Å²) in [4.78, 5) is 17.9. The molecule has 3 rings (SSSR count). The lowest BCUT2D eigenvalue weighted by Gasteiger charge is -2.26. The Hall–Kier alpha value is -2.58. The fourth-order valence-electron chi connectivity index (χ4n) is 3.58. The summed E-state index contributed by atoms with van der Waals surface area (Å²) in [5.41, 5.74) is 6.24. The molecule has 0 fully saturated rings. The Morgan fingerprint density at radius 2 is 2.06 bits per heavy atom. The zero-order valence-electron chi connectivity index (χ0n) is 19.0. The molecule has 1 aliphatic rings. The third kappa shape index (κ3) is 6.30. The van der Waals surface area contributed by atoms with Gasteiger partial charge in [0.2, 0.25) is 5.90 Å². The number of hydrogen-bond donors (Lipinski definition) is 3. The van der Waals surface area contributed by atoms with Gasteiger partial charge < -0.3 is 14.6 Å². The molecule has 2 aromatic carbocycles. The summed E-state index contributed by atoms with van der Waals surface area (Å²) in [6.07, 6.45) is 2.66. The SMILES string of the molecule is C=CC[C@]1(C(=O)NNCCc2ccc(Cl)cc2Cl)N=C(c2ccc(OCCCO)cc2)O[C@H]1C. The Morgan fingerprint density at radius 1 is 1.29 bits per heavy atom. The van der Waals surface area contributed by atoms with E-state index in [9.17, 15) is 4.79 Å². The van der Waals surface area contributed by atoms with Gasteiger partial charge in [-0.25, -0.2) is 10.4 Å². The number of nitrogens with one attached hydrogen (secondary N) is 2. The molecule has 1 amide bonds. The number of ether oxygens (including phenoxy) is 2. The van der Waals surface area contributed by atoms with Crippen LogP contribution in [0.2, 0.25) is 10.0 Å².